The zero-order valence-corrected chi connectivity index (χ0v) is 12.5. The molecule has 4 heteroatoms. The van der Waals surface area contributed by atoms with E-state index in [-0.39, 0.29) is 5.41 Å². The molecule has 0 spiro atoms. The second-order valence-corrected chi connectivity index (χ2v) is 5.81. The molecular weight excluding hydrogens is 254 g/mol. The molecule has 0 saturated carbocycles. The van der Waals surface area contributed by atoms with Crippen LogP contribution in [-0.2, 0) is 10.3 Å². The summed E-state index contributed by atoms with van der Waals surface area (Å²) in [5.74, 6) is 0. The van der Waals surface area contributed by atoms with E-state index in [4.69, 9.17) is 9.25 Å². The Balaban J connectivity index is 2.67. The zero-order valence-electron chi connectivity index (χ0n) is 12.5. The third-order valence-electron chi connectivity index (χ3n) is 3.22. The van der Waals surface area contributed by atoms with Crippen LogP contribution in [0.1, 0.15) is 38.8 Å². The van der Waals surface area contributed by atoms with E-state index in [9.17, 15) is 4.79 Å². The third kappa shape index (κ3) is 2.74. The van der Waals surface area contributed by atoms with Crippen molar-refractivity contribution < 1.29 is 9.25 Å². The molecule has 0 saturated heterocycles. The van der Waals surface area contributed by atoms with E-state index in [1.54, 1.807) is 13.0 Å². The summed E-state index contributed by atoms with van der Waals surface area (Å²) >= 11 is 0. The molecule has 0 amide bonds. The second kappa shape index (κ2) is 5.12. The Kier molecular flexibility index (Phi) is 3.66. The largest absolute Gasteiger partial charge is 0.422 e. The molecule has 0 radical (unpaired) electrons. The second-order valence-electron chi connectivity index (χ2n) is 5.81. The predicted octanol–water partition coefficient (Wildman–Crippen LogP) is 3.46. The topological polar surface area (TPSA) is 51.8 Å². The van der Waals surface area contributed by atoms with Crippen LogP contribution >= 0.6 is 0 Å². The smallest absolute Gasteiger partial charge is 0.345 e. The fourth-order valence-electron chi connectivity index (χ4n) is 2.03. The molecule has 0 aliphatic rings. The molecule has 0 N–H and O–H groups in total. The molecule has 0 unspecified atom stereocenters. The van der Waals surface area contributed by atoms with E-state index in [0.717, 1.165) is 5.39 Å². The van der Waals surface area contributed by atoms with Crippen LogP contribution in [0, 0.1) is 0 Å². The van der Waals surface area contributed by atoms with Crippen LogP contribution in [-0.4, -0.2) is 12.8 Å². The highest BCUT2D eigenvalue weighted by Crippen LogP contribution is 2.26. The molecule has 1 aromatic carbocycles. The van der Waals surface area contributed by atoms with Crippen LogP contribution in [0.2, 0.25) is 0 Å². The van der Waals surface area contributed by atoms with Gasteiger partial charge >= 0.3 is 5.63 Å². The van der Waals surface area contributed by atoms with Gasteiger partial charge in [-0.2, -0.15) is 0 Å². The summed E-state index contributed by atoms with van der Waals surface area (Å²) in [7, 11) is 1.45. The summed E-state index contributed by atoms with van der Waals surface area (Å²) in [4.78, 5) is 16.6. The summed E-state index contributed by atoms with van der Waals surface area (Å²) in [5.41, 5.74) is 2.33. The predicted molar refractivity (Wildman–Crippen MR) is 80.4 cm³/mol. The van der Waals surface area contributed by atoms with E-state index < -0.39 is 5.63 Å². The Morgan fingerprint density at radius 2 is 1.95 bits per heavy atom. The van der Waals surface area contributed by atoms with Gasteiger partial charge in [0.05, 0.1) is 11.3 Å². The van der Waals surface area contributed by atoms with Crippen molar-refractivity contribution in [2.45, 2.75) is 33.1 Å². The molecule has 0 aliphatic carbocycles. The minimum absolute atomic E-state index is 0.0418. The number of rotatable bonds is 2. The SMILES string of the molecule is CO/N=C(\C)c1cc2cc(C(C)(C)C)ccc2oc1=O. The Hall–Kier alpha value is -2.10. The molecular formula is C16H19NO3. The van der Waals surface area contributed by atoms with Crippen molar-refractivity contribution in [2.24, 2.45) is 5.16 Å². The maximum atomic E-state index is 11.9. The van der Waals surface area contributed by atoms with Gasteiger partial charge in [0, 0.05) is 5.39 Å². The van der Waals surface area contributed by atoms with Gasteiger partial charge in [-0.3, -0.25) is 0 Å². The van der Waals surface area contributed by atoms with Crippen LogP contribution in [0.5, 0.6) is 0 Å². The standard InChI is InChI=1S/C16H19NO3/c1-10(17-19-5)13-9-11-8-12(16(2,3)4)6-7-14(11)20-15(13)18/h6-9H,1-5H3/b17-10+. The Labute approximate surface area is 118 Å². The molecule has 20 heavy (non-hydrogen) atoms. The Morgan fingerprint density at radius 1 is 1.25 bits per heavy atom. The summed E-state index contributed by atoms with van der Waals surface area (Å²) in [6.07, 6.45) is 0. The van der Waals surface area contributed by atoms with Gasteiger partial charge in [0.25, 0.3) is 0 Å². The van der Waals surface area contributed by atoms with Crippen LogP contribution in [0.3, 0.4) is 0 Å². The van der Waals surface area contributed by atoms with Crippen molar-refractivity contribution in [3.05, 3.63) is 45.8 Å². The molecule has 0 fully saturated rings. The van der Waals surface area contributed by atoms with Crippen LogP contribution in [0.25, 0.3) is 11.0 Å². The highest BCUT2D eigenvalue weighted by Gasteiger charge is 2.15. The molecule has 0 aliphatic heterocycles. The van der Waals surface area contributed by atoms with Gasteiger partial charge in [0.15, 0.2) is 0 Å². The van der Waals surface area contributed by atoms with Gasteiger partial charge in [-0.1, -0.05) is 32.0 Å². The average Bonchev–Trinajstić information content (AvgIpc) is 2.36. The van der Waals surface area contributed by atoms with Gasteiger partial charge < -0.3 is 9.25 Å². The van der Waals surface area contributed by atoms with Crippen LogP contribution in [0.4, 0.5) is 0 Å². The number of hydrogen-bond acceptors (Lipinski definition) is 4. The van der Waals surface area contributed by atoms with E-state index in [2.05, 4.69) is 25.9 Å². The monoisotopic (exact) mass is 273 g/mol. The summed E-state index contributed by atoms with van der Waals surface area (Å²) in [6, 6.07) is 7.67. The summed E-state index contributed by atoms with van der Waals surface area (Å²) < 4.78 is 5.34. The normalized spacial score (nSPS) is 12.8. The van der Waals surface area contributed by atoms with Crippen molar-refractivity contribution >= 4 is 16.7 Å². The molecule has 106 valence electrons. The lowest BCUT2D eigenvalue weighted by molar-refractivity contribution is 0.213. The number of hydrogen-bond donors (Lipinski definition) is 0. The molecule has 1 aromatic heterocycles. The number of benzene rings is 1. The van der Waals surface area contributed by atoms with Gasteiger partial charge in [-0.25, -0.2) is 4.79 Å². The van der Waals surface area contributed by atoms with Gasteiger partial charge in [-0.05, 0) is 36.1 Å². The highest BCUT2D eigenvalue weighted by molar-refractivity contribution is 6.00. The number of fused-ring (bicyclic) bond motifs is 1. The Morgan fingerprint density at radius 3 is 2.55 bits per heavy atom. The summed E-state index contributed by atoms with van der Waals surface area (Å²) in [6.45, 7) is 8.15. The van der Waals surface area contributed by atoms with Crippen molar-refractivity contribution in [1.82, 2.24) is 0 Å². The van der Waals surface area contributed by atoms with E-state index >= 15 is 0 Å². The molecule has 1 heterocycles. The van der Waals surface area contributed by atoms with Gasteiger partial charge in [0.2, 0.25) is 0 Å². The highest BCUT2D eigenvalue weighted by atomic mass is 16.6. The van der Waals surface area contributed by atoms with Crippen LogP contribution in [0.15, 0.2) is 38.6 Å². The minimum atomic E-state index is -0.403. The lowest BCUT2D eigenvalue weighted by Crippen LogP contribution is -2.13. The van der Waals surface area contributed by atoms with Crippen molar-refractivity contribution in [2.75, 3.05) is 7.11 Å². The van der Waals surface area contributed by atoms with Crippen molar-refractivity contribution in [1.29, 1.82) is 0 Å². The first-order valence-corrected chi connectivity index (χ1v) is 6.49. The van der Waals surface area contributed by atoms with Crippen molar-refractivity contribution in [3.8, 4) is 0 Å². The molecule has 0 atom stereocenters. The lowest BCUT2D eigenvalue weighted by Gasteiger charge is -2.19. The fourth-order valence-corrected chi connectivity index (χ4v) is 2.03. The molecule has 0 bridgehead atoms. The first kappa shape index (κ1) is 14.3. The Bertz CT molecular complexity index is 721. The van der Waals surface area contributed by atoms with E-state index in [0.29, 0.717) is 16.9 Å². The number of nitrogens with zero attached hydrogens (tertiary/aromatic N) is 1. The zero-order chi connectivity index (χ0) is 14.9. The maximum absolute atomic E-state index is 11.9. The first-order valence-electron chi connectivity index (χ1n) is 6.49. The van der Waals surface area contributed by atoms with E-state index in [1.807, 2.05) is 18.2 Å². The third-order valence-corrected chi connectivity index (χ3v) is 3.22. The molecule has 2 rings (SSSR count). The van der Waals surface area contributed by atoms with Crippen molar-refractivity contribution in [3.63, 3.8) is 0 Å². The lowest BCUT2D eigenvalue weighted by atomic mass is 9.86. The molecule has 4 nitrogen and oxygen atoms in total. The quantitative estimate of drug-likeness (QED) is 0.478. The average molecular weight is 273 g/mol. The maximum Gasteiger partial charge on any atom is 0.345 e. The van der Waals surface area contributed by atoms with E-state index in [1.165, 1.54) is 12.7 Å². The van der Waals surface area contributed by atoms with Crippen LogP contribution < -0.4 is 5.63 Å². The molecule has 2 aromatic rings. The number of oxime groups is 1. The van der Waals surface area contributed by atoms with Gasteiger partial charge in [0.1, 0.15) is 12.7 Å². The summed E-state index contributed by atoms with van der Waals surface area (Å²) in [5, 5.41) is 4.68. The first-order chi connectivity index (χ1) is 9.32. The minimum Gasteiger partial charge on any atom is -0.422 e. The van der Waals surface area contributed by atoms with Gasteiger partial charge in [-0.15, -0.1) is 0 Å². The fraction of sp³-hybridized carbons (Fsp3) is 0.375.